The lowest BCUT2D eigenvalue weighted by molar-refractivity contribution is -0.134. The maximum absolute atomic E-state index is 9.00. The van der Waals surface area contributed by atoms with Crippen LogP contribution in [0.4, 0.5) is 0 Å². The Morgan fingerprint density at radius 3 is 2.12 bits per heavy atom. The number of rotatable bonds is 4. The zero-order valence-corrected chi connectivity index (χ0v) is 10.5. The minimum atomic E-state index is -0.833. The molecule has 1 N–H and O–H groups in total. The molecule has 0 aliphatic heterocycles. The fourth-order valence-corrected chi connectivity index (χ4v) is 1.51. The summed E-state index contributed by atoms with van der Waals surface area (Å²) in [4.78, 5) is 9.00. The molecule has 1 aromatic rings. The largest absolute Gasteiger partial charge is 0.481 e. The zero-order chi connectivity index (χ0) is 12.4. The van der Waals surface area contributed by atoms with Crippen LogP contribution in [-0.4, -0.2) is 11.1 Å². The molecule has 2 heteroatoms. The van der Waals surface area contributed by atoms with E-state index in [9.17, 15) is 0 Å². The van der Waals surface area contributed by atoms with Crippen molar-refractivity contribution in [1.29, 1.82) is 0 Å². The quantitative estimate of drug-likeness (QED) is 0.843. The predicted octanol–water partition coefficient (Wildman–Crippen LogP) is 3.68. The molecule has 0 aliphatic carbocycles. The third kappa shape index (κ3) is 7.04. The van der Waals surface area contributed by atoms with Crippen LogP contribution < -0.4 is 0 Å². The summed E-state index contributed by atoms with van der Waals surface area (Å²) in [5, 5.41) is 7.42. The van der Waals surface area contributed by atoms with E-state index in [1.54, 1.807) is 5.56 Å². The van der Waals surface area contributed by atoms with Crippen LogP contribution in [0.1, 0.15) is 44.7 Å². The minimum absolute atomic E-state index is 0.833. The van der Waals surface area contributed by atoms with Crippen molar-refractivity contribution in [1.82, 2.24) is 0 Å². The van der Waals surface area contributed by atoms with Crippen LogP contribution in [0, 0.1) is 0 Å². The maximum atomic E-state index is 9.00. The molecule has 0 atom stereocenters. The van der Waals surface area contributed by atoms with E-state index in [2.05, 4.69) is 38.1 Å². The van der Waals surface area contributed by atoms with E-state index in [1.807, 2.05) is 0 Å². The molecule has 0 radical (unpaired) electrons. The lowest BCUT2D eigenvalue weighted by Crippen LogP contribution is -1.91. The highest BCUT2D eigenvalue weighted by Gasteiger charge is 1.97. The molecule has 0 saturated heterocycles. The summed E-state index contributed by atoms with van der Waals surface area (Å²) < 4.78 is 0. The number of aryl methyl sites for hydroxylation is 2. The van der Waals surface area contributed by atoms with Crippen LogP contribution >= 0.6 is 0 Å². The van der Waals surface area contributed by atoms with E-state index >= 15 is 0 Å². The normalized spacial score (nSPS) is 9.19. The summed E-state index contributed by atoms with van der Waals surface area (Å²) in [6.45, 7) is 5.55. The van der Waals surface area contributed by atoms with Gasteiger partial charge in [0, 0.05) is 6.92 Å². The highest BCUT2D eigenvalue weighted by molar-refractivity contribution is 5.62. The van der Waals surface area contributed by atoms with Gasteiger partial charge in [-0.3, -0.25) is 4.79 Å². The number of hydrogen-bond acceptors (Lipinski definition) is 1. The molecule has 0 fully saturated rings. The standard InChI is InChI=1S/C12H18.C2H4O2/c1-3-5-8-12-10-7-6-9-11(12)4-2;1-2(3)4/h6-7,9-10H,3-5,8H2,1-2H3;1H3,(H,3,4). The number of hydrogen-bond donors (Lipinski definition) is 1. The van der Waals surface area contributed by atoms with Gasteiger partial charge in [-0.15, -0.1) is 0 Å². The monoisotopic (exact) mass is 222 g/mol. The number of carboxylic acid groups (broad SMARTS) is 1. The predicted molar refractivity (Wildman–Crippen MR) is 67.7 cm³/mol. The van der Waals surface area contributed by atoms with E-state index in [-0.39, 0.29) is 0 Å². The van der Waals surface area contributed by atoms with Crippen molar-refractivity contribution in [2.45, 2.75) is 46.5 Å². The van der Waals surface area contributed by atoms with Gasteiger partial charge in [0.2, 0.25) is 0 Å². The number of carboxylic acids is 1. The van der Waals surface area contributed by atoms with E-state index in [4.69, 9.17) is 9.90 Å². The summed E-state index contributed by atoms with van der Waals surface area (Å²) in [6.07, 6.45) is 5.02. The lowest BCUT2D eigenvalue weighted by atomic mass is 10.0. The third-order valence-electron chi connectivity index (χ3n) is 2.30. The maximum Gasteiger partial charge on any atom is 0.300 e. The summed E-state index contributed by atoms with van der Waals surface area (Å²) in [7, 11) is 0. The Labute approximate surface area is 98.3 Å². The molecule has 1 aromatic carbocycles. The Morgan fingerprint density at radius 1 is 1.19 bits per heavy atom. The van der Waals surface area contributed by atoms with Gasteiger partial charge in [0.05, 0.1) is 0 Å². The second-order valence-electron chi connectivity index (χ2n) is 3.74. The fraction of sp³-hybridized carbons (Fsp3) is 0.500. The van der Waals surface area contributed by atoms with Crippen LogP contribution in [0.5, 0.6) is 0 Å². The van der Waals surface area contributed by atoms with E-state index in [0.29, 0.717) is 0 Å². The smallest absolute Gasteiger partial charge is 0.300 e. The Bertz CT molecular complexity index is 301. The van der Waals surface area contributed by atoms with Crippen molar-refractivity contribution >= 4 is 5.97 Å². The Morgan fingerprint density at radius 2 is 1.69 bits per heavy atom. The molecule has 16 heavy (non-hydrogen) atoms. The van der Waals surface area contributed by atoms with Crippen LogP contribution in [-0.2, 0) is 17.6 Å². The van der Waals surface area contributed by atoms with Crippen LogP contribution in [0.15, 0.2) is 24.3 Å². The molecule has 2 nitrogen and oxygen atoms in total. The van der Waals surface area contributed by atoms with Crippen molar-refractivity contribution < 1.29 is 9.90 Å². The van der Waals surface area contributed by atoms with Gasteiger partial charge in [0.15, 0.2) is 0 Å². The molecule has 0 aliphatic rings. The van der Waals surface area contributed by atoms with Gasteiger partial charge in [-0.2, -0.15) is 0 Å². The average molecular weight is 222 g/mol. The topological polar surface area (TPSA) is 37.3 Å². The third-order valence-corrected chi connectivity index (χ3v) is 2.30. The van der Waals surface area contributed by atoms with Crippen molar-refractivity contribution in [2.24, 2.45) is 0 Å². The average Bonchev–Trinajstić information content (AvgIpc) is 2.26. The first-order valence-electron chi connectivity index (χ1n) is 5.88. The highest BCUT2D eigenvalue weighted by atomic mass is 16.4. The van der Waals surface area contributed by atoms with E-state index < -0.39 is 5.97 Å². The summed E-state index contributed by atoms with van der Waals surface area (Å²) in [5.74, 6) is -0.833. The van der Waals surface area contributed by atoms with Gasteiger partial charge in [0.25, 0.3) is 5.97 Å². The van der Waals surface area contributed by atoms with Gasteiger partial charge < -0.3 is 5.11 Å². The molecule has 0 unspecified atom stereocenters. The molecular weight excluding hydrogens is 200 g/mol. The number of benzene rings is 1. The Balaban J connectivity index is 0.000000487. The van der Waals surface area contributed by atoms with E-state index in [1.165, 1.54) is 31.2 Å². The second-order valence-corrected chi connectivity index (χ2v) is 3.74. The van der Waals surface area contributed by atoms with Gasteiger partial charge in [0.1, 0.15) is 0 Å². The molecular formula is C14H22O2. The molecule has 0 bridgehead atoms. The molecule has 90 valence electrons. The van der Waals surface area contributed by atoms with Gasteiger partial charge in [-0.05, 0) is 30.4 Å². The first-order valence-corrected chi connectivity index (χ1v) is 5.88. The van der Waals surface area contributed by atoms with Crippen LogP contribution in [0.3, 0.4) is 0 Å². The summed E-state index contributed by atoms with van der Waals surface area (Å²) in [5.41, 5.74) is 3.06. The zero-order valence-electron chi connectivity index (χ0n) is 10.5. The first kappa shape index (κ1) is 14.7. The molecule has 1 rings (SSSR count). The molecule has 0 aromatic heterocycles. The molecule has 0 amide bonds. The summed E-state index contributed by atoms with van der Waals surface area (Å²) >= 11 is 0. The second kappa shape index (κ2) is 8.96. The van der Waals surface area contributed by atoms with Gasteiger partial charge in [-0.25, -0.2) is 0 Å². The molecule has 0 heterocycles. The van der Waals surface area contributed by atoms with Crippen molar-refractivity contribution in [3.05, 3.63) is 35.4 Å². The first-order chi connectivity index (χ1) is 7.61. The Kier molecular flexibility index (Phi) is 8.22. The van der Waals surface area contributed by atoms with Crippen molar-refractivity contribution in [2.75, 3.05) is 0 Å². The fourth-order valence-electron chi connectivity index (χ4n) is 1.51. The number of carbonyl (C=O) groups is 1. The summed E-state index contributed by atoms with van der Waals surface area (Å²) in [6, 6.07) is 8.78. The van der Waals surface area contributed by atoms with Crippen molar-refractivity contribution in [3.63, 3.8) is 0 Å². The van der Waals surface area contributed by atoms with Crippen molar-refractivity contribution in [3.8, 4) is 0 Å². The molecule has 0 spiro atoms. The minimum Gasteiger partial charge on any atom is -0.481 e. The van der Waals surface area contributed by atoms with Gasteiger partial charge in [-0.1, -0.05) is 44.5 Å². The van der Waals surface area contributed by atoms with Crippen LogP contribution in [0.25, 0.3) is 0 Å². The van der Waals surface area contributed by atoms with Crippen LogP contribution in [0.2, 0.25) is 0 Å². The SMILES string of the molecule is CC(=O)O.CCCCc1ccccc1CC. The van der Waals surface area contributed by atoms with E-state index in [0.717, 1.165) is 6.92 Å². The van der Waals surface area contributed by atoms with Gasteiger partial charge >= 0.3 is 0 Å². The highest BCUT2D eigenvalue weighted by Crippen LogP contribution is 2.12. The number of unbranched alkanes of at least 4 members (excludes halogenated alkanes) is 1. The molecule has 0 saturated carbocycles. The number of aliphatic carboxylic acids is 1. The lowest BCUT2D eigenvalue weighted by Gasteiger charge is -2.05. The Hall–Kier alpha value is -1.31.